The number of phenols is 1. The van der Waals surface area contributed by atoms with E-state index in [1.165, 1.54) is 0 Å². The molecule has 4 heteroatoms. The lowest BCUT2D eigenvalue weighted by molar-refractivity contribution is 0.0663. The maximum absolute atomic E-state index is 12.2. The zero-order valence-corrected chi connectivity index (χ0v) is 12.2. The van der Waals surface area contributed by atoms with Crippen LogP contribution < -0.4 is 0 Å². The third-order valence-corrected chi connectivity index (χ3v) is 4.36. The van der Waals surface area contributed by atoms with E-state index in [4.69, 9.17) is 0 Å². The molecule has 94 valence electrons. The van der Waals surface area contributed by atoms with Gasteiger partial charge in [-0.15, -0.1) is 0 Å². The van der Waals surface area contributed by atoms with E-state index in [2.05, 4.69) is 15.9 Å². The Morgan fingerprint density at radius 2 is 2.06 bits per heavy atom. The fraction of sp³-hybridized carbons (Fsp3) is 0.462. The first kappa shape index (κ1) is 14.0. The predicted octanol–water partition coefficient (Wildman–Crippen LogP) is 2.95. The molecule has 0 aliphatic rings. The molecule has 1 aromatic rings. The van der Waals surface area contributed by atoms with Crippen LogP contribution in [0.3, 0.4) is 0 Å². The van der Waals surface area contributed by atoms with Gasteiger partial charge in [-0.1, -0.05) is 15.9 Å². The Bertz CT molecular complexity index is 429. The van der Waals surface area contributed by atoms with Crippen molar-refractivity contribution in [3.8, 4) is 5.75 Å². The first-order chi connectivity index (χ1) is 7.79. The van der Waals surface area contributed by atoms with E-state index in [1.54, 1.807) is 37.1 Å². The Morgan fingerprint density at radius 1 is 1.47 bits per heavy atom. The molecule has 0 fully saturated rings. The first-order valence-corrected chi connectivity index (χ1v) is 6.55. The van der Waals surface area contributed by atoms with Crippen molar-refractivity contribution in [3.05, 3.63) is 29.3 Å². The summed E-state index contributed by atoms with van der Waals surface area (Å²) in [6.07, 6.45) is 0. The summed E-state index contributed by atoms with van der Waals surface area (Å²) in [5, 5.41) is 10.1. The smallest absolute Gasteiger partial charge is 0.254 e. The van der Waals surface area contributed by atoms with E-state index < -0.39 is 0 Å². The number of halogens is 1. The highest BCUT2D eigenvalue weighted by Gasteiger charge is 2.27. The van der Waals surface area contributed by atoms with Gasteiger partial charge in [0.15, 0.2) is 0 Å². The van der Waals surface area contributed by atoms with E-state index in [0.29, 0.717) is 16.5 Å². The van der Waals surface area contributed by atoms with Gasteiger partial charge in [-0.2, -0.15) is 0 Å². The van der Waals surface area contributed by atoms with Crippen LogP contribution in [0.5, 0.6) is 5.75 Å². The van der Waals surface area contributed by atoms with Crippen molar-refractivity contribution >= 4 is 21.8 Å². The van der Waals surface area contributed by atoms with Gasteiger partial charge in [0.05, 0.1) is 0 Å². The topological polar surface area (TPSA) is 40.5 Å². The van der Waals surface area contributed by atoms with Gasteiger partial charge in [-0.3, -0.25) is 4.79 Å². The molecule has 1 amide bonds. The first-order valence-electron chi connectivity index (χ1n) is 5.43. The molecule has 17 heavy (non-hydrogen) atoms. The van der Waals surface area contributed by atoms with Crippen LogP contribution in [-0.2, 0) is 0 Å². The number of hydrogen-bond acceptors (Lipinski definition) is 2. The van der Waals surface area contributed by atoms with Gasteiger partial charge in [-0.25, -0.2) is 0 Å². The van der Waals surface area contributed by atoms with Crippen molar-refractivity contribution in [1.82, 2.24) is 4.90 Å². The fourth-order valence-corrected chi connectivity index (χ4v) is 1.72. The Kier molecular flexibility index (Phi) is 4.20. The van der Waals surface area contributed by atoms with E-state index in [1.807, 2.05) is 13.8 Å². The summed E-state index contributed by atoms with van der Waals surface area (Å²) in [4.78, 5) is 13.9. The molecule has 0 aliphatic carbocycles. The van der Waals surface area contributed by atoms with E-state index >= 15 is 0 Å². The number of amides is 1. The van der Waals surface area contributed by atoms with Gasteiger partial charge < -0.3 is 10.0 Å². The number of nitrogens with zero attached hydrogens (tertiary/aromatic N) is 1. The lowest BCUT2D eigenvalue weighted by Crippen LogP contribution is -2.46. The average Bonchev–Trinajstić information content (AvgIpc) is 2.30. The molecular weight excluding hydrogens is 282 g/mol. The van der Waals surface area contributed by atoms with E-state index in [0.717, 1.165) is 0 Å². The second kappa shape index (κ2) is 5.08. The Balaban J connectivity index is 3.01. The molecule has 0 radical (unpaired) electrons. The monoisotopic (exact) mass is 299 g/mol. The SMILES string of the molecule is Cc1cc(C(=O)N(C)C(C)(C)CBr)ccc1O. The Hall–Kier alpha value is -1.03. The summed E-state index contributed by atoms with van der Waals surface area (Å²) >= 11 is 3.40. The fourth-order valence-electron chi connectivity index (χ4n) is 1.35. The molecule has 1 rings (SSSR count). The van der Waals surface area contributed by atoms with Crippen LogP contribution in [0.25, 0.3) is 0 Å². The van der Waals surface area contributed by atoms with Crippen LogP contribution in [0.1, 0.15) is 29.8 Å². The molecule has 0 spiro atoms. The van der Waals surface area contributed by atoms with Crippen molar-refractivity contribution in [1.29, 1.82) is 0 Å². The van der Waals surface area contributed by atoms with Crippen molar-refractivity contribution in [2.24, 2.45) is 0 Å². The molecule has 0 atom stereocenters. The minimum Gasteiger partial charge on any atom is -0.508 e. The molecule has 0 bridgehead atoms. The lowest BCUT2D eigenvalue weighted by atomic mass is 10.0. The summed E-state index contributed by atoms with van der Waals surface area (Å²) in [5.74, 6) is 0.168. The lowest BCUT2D eigenvalue weighted by Gasteiger charge is -2.34. The van der Waals surface area contributed by atoms with Gasteiger partial charge in [0, 0.05) is 23.5 Å². The summed E-state index contributed by atoms with van der Waals surface area (Å²) < 4.78 is 0. The molecule has 0 saturated carbocycles. The third-order valence-electron chi connectivity index (χ3n) is 2.98. The molecule has 0 heterocycles. The maximum Gasteiger partial charge on any atom is 0.254 e. The normalized spacial score (nSPS) is 11.4. The predicted molar refractivity (Wildman–Crippen MR) is 72.8 cm³/mol. The summed E-state index contributed by atoms with van der Waals surface area (Å²) in [6.45, 7) is 5.77. The average molecular weight is 300 g/mol. The highest BCUT2D eigenvalue weighted by Crippen LogP contribution is 2.21. The number of carbonyl (C=O) groups is 1. The van der Waals surface area contributed by atoms with E-state index in [-0.39, 0.29) is 17.2 Å². The van der Waals surface area contributed by atoms with Crippen LogP contribution in [0, 0.1) is 6.92 Å². The Labute approximate surface area is 111 Å². The highest BCUT2D eigenvalue weighted by molar-refractivity contribution is 9.09. The summed E-state index contributed by atoms with van der Waals surface area (Å²) in [6, 6.07) is 4.90. The van der Waals surface area contributed by atoms with E-state index in [9.17, 15) is 9.90 Å². The van der Waals surface area contributed by atoms with Crippen LogP contribution in [0.2, 0.25) is 0 Å². The molecule has 1 N–H and O–H groups in total. The number of hydrogen-bond donors (Lipinski definition) is 1. The largest absolute Gasteiger partial charge is 0.508 e. The summed E-state index contributed by atoms with van der Waals surface area (Å²) in [7, 11) is 1.78. The number of alkyl halides is 1. The van der Waals surface area contributed by atoms with Crippen molar-refractivity contribution in [2.75, 3.05) is 12.4 Å². The maximum atomic E-state index is 12.2. The molecule has 1 aromatic carbocycles. The number of phenolic OH excluding ortho intramolecular Hbond substituents is 1. The molecule has 0 unspecified atom stereocenters. The van der Waals surface area contributed by atoms with Gasteiger partial charge >= 0.3 is 0 Å². The zero-order chi connectivity index (χ0) is 13.2. The molecule has 3 nitrogen and oxygen atoms in total. The van der Waals surface area contributed by atoms with Gasteiger partial charge in [-0.05, 0) is 44.5 Å². The highest BCUT2D eigenvalue weighted by atomic mass is 79.9. The van der Waals surface area contributed by atoms with Gasteiger partial charge in [0.2, 0.25) is 0 Å². The molecule has 0 aliphatic heterocycles. The number of benzene rings is 1. The quantitative estimate of drug-likeness (QED) is 0.872. The van der Waals surface area contributed by atoms with Gasteiger partial charge in [0.1, 0.15) is 5.75 Å². The van der Waals surface area contributed by atoms with Crippen LogP contribution in [0.4, 0.5) is 0 Å². The zero-order valence-electron chi connectivity index (χ0n) is 10.6. The minimum atomic E-state index is -0.247. The summed E-state index contributed by atoms with van der Waals surface area (Å²) in [5.41, 5.74) is 1.06. The number of aryl methyl sites for hydroxylation is 1. The second-order valence-corrected chi connectivity index (χ2v) is 5.37. The van der Waals surface area contributed by atoms with Gasteiger partial charge in [0.25, 0.3) is 5.91 Å². The number of aromatic hydroxyl groups is 1. The number of rotatable bonds is 3. The number of carbonyl (C=O) groups excluding carboxylic acids is 1. The minimum absolute atomic E-state index is 0.0439. The van der Waals surface area contributed by atoms with Crippen molar-refractivity contribution in [3.63, 3.8) is 0 Å². The third kappa shape index (κ3) is 3.00. The molecule has 0 saturated heterocycles. The standard InChI is InChI=1S/C13H18BrNO2/c1-9-7-10(5-6-11(9)16)12(17)15(4)13(2,3)8-14/h5-7,16H,8H2,1-4H3. The van der Waals surface area contributed by atoms with Crippen molar-refractivity contribution in [2.45, 2.75) is 26.3 Å². The van der Waals surface area contributed by atoms with Crippen molar-refractivity contribution < 1.29 is 9.90 Å². The Morgan fingerprint density at radius 3 is 2.53 bits per heavy atom. The molecule has 0 aromatic heterocycles. The van der Waals surface area contributed by atoms with Crippen LogP contribution >= 0.6 is 15.9 Å². The molecular formula is C13H18BrNO2. The van der Waals surface area contributed by atoms with Crippen LogP contribution in [0.15, 0.2) is 18.2 Å². The second-order valence-electron chi connectivity index (χ2n) is 4.81. The van der Waals surface area contributed by atoms with Crippen LogP contribution in [-0.4, -0.2) is 33.8 Å².